The van der Waals surface area contributed by atoms with Crippen molar-refractivity contribution in [1.29, 1.82) is 0 Å². The maximum Gasteiger partial charge on any atom is 0.328 e. The third-order valence-corrected chi connectivity index (χ3v) is 11.6. The smallest absolute Gasteiger partial charge is 0.328 e. The zero-order valence-electron chi connectivity index (χ0n) is 41.8. The molecule has 14 nitrogen and oxygen atoms in total. The minimum absolute atomic E-state index is 0.253. The van der Waals surface area contributed by atoms with Crippen LogP contribution in [-0.4, -0.2) is 169 Å². The molecule has 0 atom stereocenters. The molecule has 328 valence electrons. The Balaban J connectivity index is 0.000000199. The number of aliphatic hydroxyl groups is 2. The molecule has 4 aliphatic heterocycles. The van der Waals surface area contributed by atoms with E-state index < -0.39 is 38.1 Å². The molecule has 4 aromatic rings. The summed E-state index contributed by atoms with van der Waals surface area (Å²) in [5, 5.41) is 33.4. The van der Waals surface area contributed by atoms with Crippen LogP contribution in [0.25, 0.3) is 0 Å². The van der Waals surface area contributed by atoms with Gasteiger partial charge >= 0.3 is 11.9 Å². The van der Waals surface area contributed by atoms with Gasteiger partial charge in [-0.05, 0) is 36.4 Å². The molecule has 4 N–H and O–H groups in total. The van der Waals surface area contributed by atoms with Crippen molar-refractivity contribution in [2.45, 2.75) is 19.6 Å². The maximum atomic E-state index is 9.55. The molecule has 4 heterocycles. The van der Waals surface area contributed by atoms with Crippen LogP contribution in [0.5, 0.6) is 0 Å². The number of benzene rings is 4. The van der Waals surface area contributed by atoms with Gasteiger partial charge in [-0.3, -0.25) is 9.80 Å². The highest BCUT2D eigenvalue weighted by atomic mass is 32.2. The van der Waals surface area contributed by atoms with Crippen molar-refractivity contribution in [1.82, 2.24) is 19.6 Å². The number of fused-ring (bicyclic) bond motifs is 4. The number of ether oxygens (including phenoxy) is 2. The van der Waals surface area contributed by atoms with Crippen molar-refractivity contribution in [3.8, 4) is 0 Å². The Morgan fingerprint density at radius 1 is 0.565 bits per heavy atom. The molecular formula is C46H54N6O8S2. The van der Waals surface area contributed by atoms with Gasteiger partial charge in [-0.15, -0.1) is 0 Å². The van der Waals surface area contributed by atoms with Crippen LogP contribution < -0.4 is 0 Å². The number of carboxylic acids is 2. The Kier molecular flexibility index (Phi) is 14.4. The van der Waals surface area contributed by atoms with E-state index in [1.165, 1.54) is 9.80 Å². The normalized spacial score (nSPS) is 18.9. The van der Waals surface area contributed by atoms with Gasteiger partial charge in [0.2, 0.25) is 0 Å². The molecule has 0 aromatic heterocycles. The van der Waals surface area contributed by atoms with Gasteiger partial charge in [0, 0.05) is 114 Å². The van der Waals surface area contributed by atoms with Gasteiger partial charge in [0.15, 0.2) is 0 Å². The van der Waals surface area contributed by atoms with Crippen LogP contribution in [-0.2, 0) is 19.1 Å². The van der Waals surface area contributed by atoms with Crippen molar-refractivity contribution < 1.29 is 50.5 Å². The quantitative estimate of drug-likeness (QED) is 0.133. The number of hydrogen-bond donors (Lipinski definition) is 4. The average Bonchev–Trinajstić information content (AvgIpc) is 3.63. The lowest BCUT2D eigenvalue weighted by Gasteiger charge is -2.36. The van der Waals surface area contributed by atoms with Gasteiger partial charge in [0.05, 0.1) is 56.4 Å². The lowest BCUT2D eigenvalue weighted by molar-refractivity contribution is -0.134. The third-order valence-electron chi connectivity index (χ3n) is 9.34. The summed E-state index contributed by atoms with van der Waals surface area (Å²) in [4.78, 5) is 40.7. The molecule has 8 rings (SSSR count). The monoisotopic (exact) mass is 890 g/mol. The Labute approximate surface area is 382 Å². The van der Waals surface area contributed by atoms with Crippen molar-refractivity contribution in [2.75, 3.05) is 105 Å². The number of nitrogens with zero attached hydrogens (tertiary/aromatic N) is 6. The fourth-order valence-corrected chi connectivity index (χ4v) is 8.45. The predicted molar refractivity (Wildman–Crippen MR) is 243 cm³/mol. The van der Waals surface area contributed by atoms with Crippen LogP contribution in [0.3, 0.4) is 0 Å². The molecule has 16 heteroatoms. The summed E-state index contributed by atoms with van der Waals surface area (Å²) in [6, 6.07) is 32.3. The molecule has 2 fully saturated rings. The first-order chi connectivity index (χ1) is 33.3. The summed E-state index contributed by atoms with van der Waals surface area (Å²) in [5.74, 6) is -0.805. The Hall–Kier alpha value is -5.04. The second kappa shape index (κ2) is 24.6. The number of piperazine rings is 2. The highest BCUT2D eigenvalue weighted by Crippen LogP contribution is 2.42. The summed E-state index contributed by atoms with van der Waals surface area (Å²) in [7, 11) is 0. The van der Waals surface area contributed by atoms with Crippen LogP contribution in [0, 0.1) is 0 Å². The van der Waals surface area contributed by atoms with Gasteiger partial charge in [-0.1, -0.05) is 84.2 Å². The number of para-hydroxylation sites is 2. The number of aliphatic carboxylic acids is 2. The first kappa shape index (κ1) is 36.4. The SMILES string of the molecule is O=C(O)/C=C/C(=O)O.[2H]C([2H])(OCCO)C([2H])([2H])N1CCN(C2=Nc3ccccc3Sc3ccccc32)CC1.[2H]C([2H])(OCCO)C([2H])([2H])N1CCN(C2=Nc3ccccc3Sc3ccccc32)CC1. The molecule has 0 amide bonds. The van der Waals surface area contributed by atoms with Crippen LogP contribution in [0.4, 0.5) is 11.4 Å². The summed E-state index contributed by atoms with van der Waals surface area (Å²) < 4.78 is 75.2. The molecular weight excluding hydrogens is 829 g/mol. The molecule has 0 aliphatic carbocycles. The number of rotatable bonds is 12. The number of hydrogen-bond acceptors (Lipinski definition) is 14. The van der Waals surface area contributed by atoms with Crippen molar-refractivity contribution in [3.63, 3.8) is 0 Å². The van der Waals surface area contributed by atoms with Gasteiger partial charge < -0.3 is 39.7 Å². The van der Waals surface area contributed by atoms with E-state index >= 15 is 0 Å². The highest BCUT2D eigenvalue weighted by molar-refractivity contribution is 7.99. The third kappa shape index (κ3) is 13.7. The fourth-order valence-electron chi connectivity index (χ4n) is 6.41. The van der Waals surface area contributed by atoms with Gasteiger partial charge in [0.1, 0.15) is 11.7 Å². The summed E-state index contributed by atoms with van der Waals surface area (Å²) in [5.41, 5.74) is 3.90. The van der Waals surface area contributed by atoms with E-state index in [-0.39, 0.29) is 26.4 Å². The Bertz CT molecular complexity index is 2370. The van der Waals surface area contributed by atoms with Crippen LogP contribution >= 0.6 is 23.5 Å². The van der Waals surface area contributed by atoms with E-state index in [4.69, 9.17) is 50.9 Å². The number of aliphatic hydroxyl groups excluding tert-OH is 2. The summed E-state index contributed by atoms with van der Waals surface area (Å²) in [6.45, 7) is -7.58. The van der Waals surface area contributed by atoms with Crippen LogP contribution in [0.15, 0.2) is 139 Å². The molecule has 0 unspecified atom stereocenters. The number of carbonyl (C=O) groups is 2. The first-order valence-electron chi connectivity index (χ1n) is 23.8. The molecule has 0 spiro atoms. The molecule has 4 aromatic carbocycles. The maximum absolute atomic E-state index is 9.55. The molecule has 2 saturated heterocycles. The number of amidine groups is 2. The van der Waals surface area contributed by atoms with Crippen LogP contribution in [0.2, 0.25) is 0 Å². The van der Waals surface area contributed by atoms with Gasteiger partial charge in [-0.25, -0.2) is 19.6 Å². The Morgan fingerprint density at radius 3 is 1.29 bits per heavy atom. The molecule has 0 bridgehead atoms. The molecule has 0 radical (unpaired) electrons. The second-order valence-corrected chi connectivity index (χ2v) is 15.7. The van der Waals surface area contributed by atoms with E-state index in [2.05, 4.69) is 46.2 Å². The van der Waals surface area contributed by atoms with Gasteiger partial charge in [0.25, 0.3) is 0 Å². The van der Waals surface area contributed by atoms with Crippen molar-refractivity contribution in [2.24, 2.45) is 9.98 Å². The lowest BCUT2D eigenvalue weighted by atomic mass is 10.1. The largest absolute Gasteiger partial charge is 0.478 e. The first-order valence-corrected chi connectivity index (χ1v) is 21.5. The highest BCUT2D eigenvalue weighted by Gasteiger charge is 2.26. The summed E-state index contributed by atoms with van der Waals surface area (Å²) >= 11 is 3.38. The standard InChI is InChI=1S/2C21H25N3O2S.C4H4O4/c2*25-14-16-26-15-13-23-9-11-24(12-10-23)21-17-5-1-3-7-19(17)27-20-8-4-2-6-18(20)22-21;5-3(6)1-2-4(7)8/h2*1-8,25H,9-16H2;1-2H,(H,5,6)(H,7,8)/b;;2-1+/i2*13D2,15D2;. The van der Waals surface area contributed by atoms with E-state index in [1.54, 1.807) is 23.5 Å². The molecule has 4 aliphatic rings. The minimum atomic E-state index is -2.53. The number of carboxylic acid groups (broad SMARTS) is 2. The van der Waals surface area contributed by atoms with Crippen LogP contribution in [0.1, 0.15) is 22.1 Å². The zero-order chi connectivity index (χ0) is 50.7. The lowest BCUT2D eigenvalue weighted by Crippen LogP contribution is -2.49. The van der Waals surface area contributed by atoms with Crippen molar-refractivity contribution >= 4 is 58.5 Å². The summed E-state index contributed by atoms with van der Waals surface area (Å²) in [6.07, 6.45) is 1.12. The topological polar surface area (TPSA) is 171 Å². The van der Waals surface area contributed by atoms with Gasteiger partial charge in [-0.2, -0.15) is 0 Å². The number of aliphatic imine (C=N–C) groups is 2. The average molecular weight is 891 g/mol. The fraction of sp³-hybridized carbons (Fsp3) is 0.348. The van der Waals surface area contributed by atoms with Crippen molar-refractivity contribution in [3.05, 3.63) is 120 Å². The molecule has 0 saturated carbocycles. The van der Waals surface area contributed by atoms with E-state index in [9.17, 15) is 9.59 Å². The Morgan fingerprint density at radius 2 is 0.919 bits per heavy atom. The van der Waals surface area contributed by atoms with E-state index in [0.717, 1.165) is 53.8 Å². The molecule has 62 heavy (non-hydrogen) atoms. The van der Waals surface area contributed by atoms with E-state index in [1.807, 2.05) is 60.7 Å². The predicted octanol–water partition coefficient (Wildman–Crippen LogP) is 5.42. The second-order valence-electron chi connectivity index (χ2n) is 13.5. The van der Waals surface area contributed by atoms with E-state index in [0.29, 0.717) is 64.5 Å². The minimum Gasteiger partial charge on any atom is -0.478 e. The zero-order valence-corrected chi connectivity index (χ0v) is 35.4.